The highest BCUT2D eigenvalue weighted by Gasteiger charge is 1.97. The monoisotopic (exact) mass is 202 g/mol. The Morgan fingerprint density at radius 3 is 2.93 bits per heavy atom. The minimum absolute atomic E-state index is 0.119. The number of aliphatic hydroxyl groups is 1. The average molecular weight is 202 g/mol. The molecule has 0 saturated heterocycles. The smallest absolute Gasteiger partial charge is 0.126 e. The first-order valence-corrected chi connectivity index (χ1v) is 5.02. The van der Waals surface area contributed by atoms with Crippen LogP contribution < -0.4 is 5.32 Å². The Bertz CT molecular complexity index is 468. The molecule has 0 aliphatic carbocycles. The molecule has 3 nitrogen and oxygen atoms in total. The van der Waals surface area contributed by atoms with E-state index in [1.165, 1.54) is 5.56 Å². The van der Waals surface area contributed by atoms with E-state index in [4.69, 9.17) is 5.11 Å². The van der Waals surface area contributed by atoms with Crippen molar-refractivity contribution in [1.29, 1.82) is 0 Å². The average Bonchev–Trinajstić information content (AvgIpc) is 2.26. The molecule has 2 N–H and O–H groups in total. The topological polar surface area (TPSA) is 45.2 Å². The predicted octanol–water partition coefficient (Wildman–Crippen LogP) is 1.95. The van der Waals surface area contributed by atoms with Gasteiger partial charge in [0.2, 0.25) is 0 Å². The molecule has 2 aromatic rings. The van der Waals surface area contributed by atoms with Gasteiger partial charge >= 0.3 is 0 Å². The second-order valence-electron chi connectivity index (χ2n) is 3.54. The summed E-state index contributed by atoms with van der Waals surface area (Å²) in [4.78, 5) is 4.43. The summed E-state index contributed by atoms with van der Waals surface area (Å²) in [6, 6.07) is 10.1. The number of aliphatic hydroxyl groups excluding tert-OH is 1. The van der Waals surface area contributed by atoms with Gasteiger partial charge in [0.05, 0.1) is 12.1 Å². The van der Waals surface area contributed by atoms with E-state index < -0.39 is 0 Å². The van der Waals surface area contributed by atoms with Crippen molar-refractivity contribution >= 4 is 16.7 Å². The van der Waals surface area contributed by atoms with Gasteiger partial charge in [0.25, 0.3) is 0 Å². The number of aryl methyl sites for hydroxylation is 1. The molecular weight excluding hydrogens is 188 g/mol. The fraction of sp³-hybridized carbons (Fsp3) is 0.250. The predicted molar refractivity (Wildman–Crippen MR) is 62.1 cm³/mol. The Morgan fingerprint density at radius 2 is 2.13 bits per heavy atom. The maximum absolute atomic E-state index is 8.69. The molecule has 15 heavy (non-hydrogen) atoms. The molecule has 0 atom stereocenters. The van der Waals surface area contributed by atoms with Gasteiger partial charge in [-0.25, -0.2) is 4.98 Å². The molecule has 0 saturated carbocycles. The first kappa shape index (κ1) is 9.93. The Hall–Kier alpha value is -1.61. The summed E-state index contributed by atoms with van der Waals surface area (Å²) in [6.45, 7) is 2.72. The molecule has 0 fully saturated rings. The van der Waals surface area contributed by atoms with Gasteiger partial charge in [0.15, 0.2) is 0 Å². The first-order valence-electron chi connectivity index (χ1n) is 5.02. The van der Waals surface area contributed by atoms with Crippen molar-refractivity contribution in [3.8, 4) is 0 Å². The summed E-state index contributed by atoms with van der Waals surface area (Å²) in [5.74, 6) is 0.806. The van der Waals surface area contributed by atoms with Crippen molar-refractivity contribution in [3.63, 3.8) is 0 Å². The summed E-state index contributed by atoms with van der Waals surface area (Å²) in [6.07, 6.45) is 0. The zero-order chi connectivity index (χ0) is 10.7. The van der Waals surface area contributed by atoms with Gasteiger partial charge in [-0.1, -0.05) is 11.6 Å². The maximum Gasteiger partial charge on any atom is 0.126 e. The second-order valence-corrected chi connectivity index (χ2v) is 3.54. The third kappa shape index (κ3) is 2.25. The van der Waals surface area contributed by atoms with Crippen molar-refractivity contribution in [2.24, 2.45) is 0 Å². The lowest BCUT2D eigenvalue weighted by molar-refractivity contribution is 0.311. The number of hydrogen-bond acceptors (Lipinski definition) is 3. The van der Waals surface area contributed by atoms with E-state index in [1.54, 1.807) is 0 Å². The molecule has 78 valence electrons. The van der Waals surface area contributed by atoms with Crippen LogP contribution in [0.5, 0.6) is 0 Å². The van der Waals surface area contributed by atoms with Crippen LogP contribution in [-0.2, 0) is 0 Å². The van der Waals surface area contributed by atoms with Crippen LogP contribution in [-0.4, -0.2) is 23.2 Å². The summed E-state index contributed by atoms with van der Waals surface area (Å²) in [5, 5.41) is 12.9. The molecule has 1 heterocycles. The molecule has 0 aliphatic heterocycles. The maximum atomic E-state index is 8.69. The van der Waals surface area contributed by atoms with Crippen LogP contribution in [0, 0.1) is 6.92 Å². The number of rotatable bonds is 3. The highest BCUT2D eigenvalue weighted by Crippen LogP contribution is 2.16. The van der Waals surface area contributed by atoms with Crippen LogP contribution in [0.1, 0.15) is 5.56 Å². The normalized spacial score (nSPS) is 10.5. The molecule has 2 rings (SSSR count). The Kier molecular flexibility index (Phi) is 2.83. The number of hydrogen-bond donors (Lipinski definition) is 2. The van der Waals surface area contributed by atoms with Crippen LogP contribution >= 0.6 is 0 Å². The fourth-order valence-corrected chi connectivity index (χ4v) is 1.53. The van der Waals surface area contributed by atoms with E-state index in [2.05, 4.69) is 23.3 Å². The summed E-state index contributed by atoms with van der Waals surface area (Å²) < 4.78 is 0. The third-order valence-corrected chi connectivity index (χ3v) is 2.26. The van der Waals surface area contributed by atoms with Crippen LogP contribution in [0.25, 0.3) is 10.9 Å². The number of pyridine rings is 1. The Morgan fingerprint density at radius 1 is 1.27 bits per heavy atom. The molecule has 1 aromatic carbocycles. The van der Waals surface area contributed by atoms with Crippen LogP contribution in [0.4, 0.5) is 5.82 Å². The molecule has 0 spiro atoms. The van der Waals surface area contributed by atoms with Gasteiger partial charge in [0, 0.05) is 11.9 Å². The first-order chi connectivity index (χ1) is 7.29. The number of fused-ring (bicyclic) bond motifs is 1. The van der Waals surface area contributed by atoms with Gasteiger partial charge in [-0.15, -0.1) is 0 Å². The minimum Gasteiger partial charge on any atom is -0.395 e. The van der Waals surface area contributed by atoms with Gasteiger partial charge in [-0.2, -0.15) is 0 Å². The number of nitrogens with zero attached hydrogens (tertiary/aromatic N) is 1. The fourth-order valence-electron chi connectivity index (χ4n) is 1.53. The number of nitrogens with one attached hydrogen (secondary N) is 1. The second kappa shape index (κ2) is 4.28. The lowest BCUT2D eigenvalue weighted by Gasteiger charge is -2.05. The van der Waals surface area contributed by atoms with Crippen molar-refractivity contribution in [3.05, 3.63) is 35.9 Å². The SMILES string of the molecule is Cc1ccc2nc(NCCO)ccc2c1. The Balaban J connectivity index is 2.34. The van der Waals surface area contributed by atoms with E-state index in [0.29, 0.717) is 6.54 Å². The summed E-state index contributed by atoms with van der Waals surface area (Å²) in [7, 11) is 0. The number of anilines is 1. The minimum atomic E-state index is 0.119. The highest BCUT2D eigenvalue weighted by atomic mass is 16.3. The van der Waals surface area contributed by atoms with Crippen molar-refractivity contribution in [2.45, 2.75) is 6.92 Å². The lowest BCUT2D eigenvalue weighted by Crippen LogP contribution is -2.06. The van der Waals surface area contributed by atoms with Gasteiger partial charge in [0.1, 0.15) is 5.82 Å². The molecule has 0 amide bonds. The van der Waals surface area contributed by atoms with Crippen LogP contribution in [0.2, 0.25) is 0 Å². The zero-order valence-corrected chi connectivity index (χ0v) is 8.70. The third-order valence-electron chi connectivity index (χ3n) is 2.26. The molecular formula is C12H14N2O. The van der Waals surface area contributed by atoms with E-state index in [9.17, 15) is 0 Å². The molecule has 1 aromatic heterocycles. The largest absolute Gasteiger partial charge is 0.395 e. The molecule has 0 unspecified atom stereocenters. The van der Waals surface area contributed by atoms with Crippen LogP contribution in [0.3, 0.4) is 0 Å². The van der Waals surface area contributed by atoms with Crippen molar-refractivity contribution in [1.82, 2.24) is 4.98 Å². The summed E-state index contributed by atoms with van der Waals surface area (Å²) in [5.41, 5.74) is 2.21. The molecule has 3 heteroatoms. The quantitative estimate of drug-likeness (QED) is 0.799. The highest BCUT2D eigenvalue weighted by molar-refractivity contribution is 5.80. The molecule has 0 bridgehead atoms. The van der Waals surface area contributed by atoms with Crippen molar-refractivity contribution in [2.75, 3.05) is 18.5 Å². The van der Waals surface area contributed by atoms with E-state index in [1.807, 2.05) is 24.3 Å². The Labute approximate surface area is 88.8 Å². The summed E-state index contributed by atoms with van der Waals surface area (Å²) >= 11 is 0. The van der Waals surface area contributed by atoms with Gasteiger partial charge in [-0.05, 0) is 31.2 Å². The van der Waals surface area contributed by atoms with E-state index in [-0.39, 0.29) is 6.61 Å². The van der Waals surface area contributed by atoms with Crippen molar-refractivity contribution < 1.29 is 5.11 Å². The lowest BCUT2D eigenvalue weighted by atomic mass is 10.1. The van der Waals surface area contributed by atoms with Crippen LogP contribution in [0.15, 0.2) is 30.3 Å². The van der Waals surface area contributed by atoms with E-state index in [0.717, 1.165) is 16.7 Å². The van der Waals surface area contributed by atoms with Gasteiger partial charge in [-0.3, -0.25) is 0 Å². The van der Waals surface area contributed by atoms with Gasteiger partial charge < -0.3 is 10.4 Å². The number of aromatic nitrogens is 1. The zero-order valence-electron chi connectivity index (χ0n) is 8.70. The number of benzene rings is 1. The molecule has 0 radical (unpaired) electrons. The molecule has 0 aliphatic rings. The standard InChI is InChI=1S/C12H14N2O/c1-9-2-4-11-10(8-9)3-5-12(14-11)13-6-7-15/h2-5,8,15H,6-7H2,1H3,(H,13,14). The van der Waals surface area contributed by atoms with E-state index >= 15 is 0 Å².